The number of amides is 3. The number of hydrogen-bond donors (Lipinski definition) is 3. The van der Waals surface area contributed by atoms with Crippen molar-refractivity contribution in [3.8, 4) is 5.69 Å². The van der Waals surface area contributed by atoms with Gasteiger partial charge in [-0.25, -0.2) is 9.59 Å². The van der Waals surface area contributed by atoms with Gasteiger partial charge in [0.2, 0.25) is 5.91 Å². The molecule has 5 rings (SSSR count). The summed E-state index contributed by atoms with van der Waals surface area (Å²) in [5.74, 6) is 1.35. The molecule has 2 saturated heterocycles. The van der Waals surface area contributed by atoms with E-state index in [1.807, 2.05) is 31.2 Å². The van der Waals surface area contributed by atoms with Crippen molar-refractivity contribution in [3.63, 3.8) is 0 Å². The van der Waals surface area contributed by atoms with Gasteiger partial charge in [-0.05, 0) is 56.4 Å². The van der Waals surface area contributed by atoms with Gasteiger partial charge in [-0.1, -0.05) is 12.1 Å². The van der Waals surface area contributed by atoms with Gasteiger partial charge in [-0.15, -0.1) is 0 Å². The summed E-state index contributed by atoms with van der Waals surface area (Å²) in [5.41, 5.74) is 12.4. The second-order valence-electron chi connectivity index (χ2n) is 11.2. The van der Waals surface area contributed by atoms with Crippen LogP contribution in [0.4, 0.5) is 10.6 Å². The normalized spacial score (nSPS) is 25.6. The molecule has 0 bridgehead atoms. The monoisotopic (exact) mass is 508 g/mol. The number of aromatic nitrogens is 2. The highest BCUT2D eigenvalue weighted by Gasteiger charge is 2.53. The number of urea groups is 1. The highest BCUT2D eigenvalue weighted by Crippen LogP contribution is 2.44. The lowest BCUT2D eigenvalue weighted by atomic mass is 10.0. The highest BCUT2D eigenvalue weighted by molar-refractivity contribution is 5.89. The molecular weight excluding hydrogens is 472 g/mol. The molecule has 2 aromatic rings. The first-order chi connectivity index (χ1) is 17.5. The second-order valence-corrected chi connectivity index (χ2v) is 11.2. The van der Waals surface area contributed by atoms with Crippen LogP contribution in [-0.4, -0.2) is 86.5 Å². The predicted octanol–water partition coefficient (Wildman–Crippen LogP) is 0.423. The van der Waals surface area contributed by atoms with E-state index >= 15 is 0 Å². The van der Waals surface area contributed by atoms with Crippen LogP contribution in [0.25, 0.3) is 5.69 Å². The van der Waals surface area contributed by atoms with Gasteiger partial charge in [0.15, 0.2) is 0 Å². The van der Waals surface area contributed by atoms with E-state index in [1.54, 1.807) is 35.9 Å². The molecule has 1 aliphatic carbocycles. The molecule has 3 aliphatic rings. The van der Waals surface area contributed by atoms with Crippen molar-refractivity contribution >= 4 is 17.8 Å². The molecule has 0 radical (unpaired) electrons. The summed E-state index contributed by atoms with van der Waals surface area (Å²) in [5, 5.41) is 2.71. The molecule has 3 heterocycles. The smallest absolute Gasteiger partial charge is 0.335 e. The van der Waals surface area contributed by atoms with E-state index in [9.17, 15) is 14.4 Å². The number of carbonyl (C=O) groups excluding carboxylic acids is 2. The molecule has 11 nitrogen and oxygen atoms in total. The third-order valence-electron chi connectivity index (χ3n) is 7.72. The maximum atomic E-state index is 12.8. The molecule has 3 amide bonds. The highest BCUT2D eigenvalue weighted by atomic mass is 16.2. The Kier molecular flexibility index (Phi) is 6.55. The third kappa shape index (κ3) is 5.25. The summed E-state index contributed by atoms with van der Waals surface area (Å²) in [6, 6.07) is 9.32. The first-order valence-electron chi connectivity index (χ1n) is 12.8. The van der Waals surface area contributed by atoms with E-state index in [-0.39, 0.29) is 23.8 Å². The first kappa shape index (κ1) is 25.4. The Morgan fingerprint density at radius 1 is 1.08 bits per heavy atom. The average molecular weight is 509 g/mol. The van der Waals surface area contributed by atoms with Crippen LogP contribution in [0.2, 0.25) is 0 Å². The third-order valence-corrected chi connectivity index (χ3v) is 7.72. The number of nitrogens with zero attached hydrogens (tertiary/aromatic N) is 5. The summed E-state index contributed by atoms with van der Waals surface area (Å²) in [6.07, 6.45) is 1.61. The fraction of sp³-hybridized carbons (Fsp3) is 0.538. The van der Waals surface area contributed by atoms with Crippen LogP contribution >= 0.6 is 0 Å². The zero-order valence-electron chi connectivity index (χ0n) is 21.6. The predicted molar refractivity (Wildman–Crippen MR) is 140 cm³/mol. The number of hydrogen-bond acceptors (Lipinski definition) is 7. The van der Waals surface area contributed by atoms with Gasteiger partial charge in [0.1, 0.15) is 5.82 Å². The number of nitrogens with two attached hydrogens (primary N) is 2. The van der Waals surface area contributed by atoms with Crippen molar-refractivity contribution in [2.24, 2.45) is 23.3 Å². The summed E-state index contributed by atoms with van der Waals surface area (Å²) in [7, 11) is 0. The van der Waals surface area contributed by atoms with Gasteiger partial charge >= 0.3 is 11.7 Å². The minimum absolute atomic E-state index is 0.143. The van der Waals surface area contributed by atoms with Crippen molar-refractivity contribution in [1.29, 1.82) is 0 Å². The molecule has 1 unspecified atom stereocenters. The average Bonchev–Trinajstić information content (AvgIpc) is 3.23. The Labute approximate surface area is 216 Å². The molecule has 1 aromatic carbocycles. The summed E-state index contributed by atoms with van der Waals surface area (Å²) in [6.45, 7) is 9.36. The molecule has 4 atom stereocenters. The summed E-state index contributed by atoms with van der Waals surface area (Å²) in [4.78, 5) is 47.8. The fourth-order valence-electron chi connectivity index (χ4n) is 5.48. The zero-order valence-corrected chi connectivity index (χ0v) is 21.6. The Bertz CT molecular complexity index is 1230. The maximum absolute atomic E-state index is 12.8. The van der Waals surface area contributed by atoms with Crippen LogP contribution in [0.5, 0.6) is 0 Å². The van der Waals surface area contributed by atoms with Crippen LogP contribution in [0, 0.1) is 11.8 Å². The number of fused-ring (bicyclic) bond motifs is 1. The number of anilines is 1. The van der Waals surface area contributed by atoms with Crippen molar-refractivity contribution in [2.75, 3.05) is 38.0 Å². The van der Waals surface area contributed by atoms with Gasteiger partial charge in [-0.2, -0.15) is 4.98 Å². The molecule has 5 N–H and O–H groups in total. The molecule has 1 saturated carbocycles. The van der Waals surface area contributed by atoms with Gasteiger partial charge in [0, 0.05) is 57.5 Å². The van der Waals surface area contributed by atoms with Gasteiger partial charge in [0.05, 0.1) is 11.2 Å². The topological polar surface area (TPSA) is 143 Å². The van der Waals surface area contributed by atoms with E-state index in [0.717, 1.165) is 19.6 Å². The molecule has 11 heteroatoms. The Hall–Kier alpha value is -3.28. The summed E-state index contributed by atoms with van der Waals surface area (Å²) < 4.78 is 1.45. The van der Waals surface area contributed by atoms with E-state index < -0.39 is 11.2 Å². The number of piperidine rings is 1. The zero-order chi connectivity index (χ0) is 26.5. The van der Waals surface area contributed by atoms with Crippen molar-refractivity contribution in [2.45, 2.75) is 44.9 Å². The Morgan fingerprint density at radius 3 is 2.35 bits per heavy atom. The fourth-order valence-corrected chi connectivity index (χ4v) is 5.48. The Balaban J connectivity index is 1.17. The molecular formula is C26H36N8O3. The number of rotatable bonds is 5. The Morgan fingerprint density at radius 2 is 1.76 bits per heavy atom. The quantitative estimate of drug-likeness (QED) is 0.531. The number of benzene rings is 1. The van der Waals surface area contributed by atoms with Crippen molar-refractivity contribution in [3.05, 3.63) is 52.6 Å². The van der Waals surface area contributed by atoms with E-state index in [4.69, 9.17) is 11.5 Å². The number of carbonyl (C=O) groups is 2. The van der Waals surface area contributed by atoms with Gasteiger partial charge in [0.25, 0.3) is 0 Å². The number of piperazine rings is 1. The SMILES string of the molecule is C[C@@H]1CN(C(=O)Nc2ccn(-c3ccc(CN4C[C@@H]5C(N)[C@@H]5C4)cc3)c(=O)n2)CCN1C(=O)C(C)(C)N. The maximum Gasteiger partial charge on any atom is 0.354 e. The van der Waals surface area contributed by atoms with E-state index in [2.05, 4.69) is 15.2 Å². The van der Waals surface area contributed by atoms with Crippen molar-refractivity contribution < 1.29 is 9.59 Å². The standard InChI is InChI=1S/C26H36N8O3/c1-16-12-32(10-11-33(16)23(35)26(2,3)28)24(36)29-21-8-9-34(25(37)30-21)18-6-4-17(5-7-18)13-31-14-19-20(15-31)22(19)27/h4-9,16,19-20,22H,10-15,27-28H2,1-3H3,(H,29,30,36,37)/t16-,19-,20+,22?/m1/s1. The molecule has 3 fully saturated rings. The van der Waals surface area contributed by atoms with E-state index in [1.165, 1.54) is 10.1 Å². The van der Waals surface area contributed by atoms with Crippen LogP contribution in [0.1, 0.15) is 26.3 Å². The minimum Gasteiger partial charge on any atom is -0.335 e. The molecule has 0 spiro atoms. The van der Waals surface area contributed by atoms with Gasteiger partial charge in [-0.3, -0.25) is 19.6 Å². The van der Waals surface area contributed by atoms with Gasteiger partial charge < -0.3 is 21.3 Å². The van der Waals surface area contributed by atoms with Crippen LogP contribution in [0.15, 0.2) is 41.3 Å². The lowest BCUT2D eigenvalue weighted by Gasteiger charge is -2.42. The lowest BCUT2D eigenvalue weighted by Crippen LogP contribution is -2.61. The minimum atomic E-state index is -0.963. The first-order valence-corrected chi connectivity index (χ1v) is 12.8. The summed E-state index contributed by atoms with van der Waals surface area (Å²) >= 11 is 0. The van der Waals surface area contributed by atoms with Crippen molar-refractivity contribution in [1.82, 2.24) is 24.3 Å². The van der Waals surface area contributed by atoms with E-state index in [0.29, 0.717) is 43.2 Å². The number of nitrogens with one attached hydrogen (secondary N) is 1. The van der Waals surface area contributed by atoms with Crippen LogP contribution in [0.3, 0.4) is 0 Å². The molecule has 198 valence electrons. The molecule has 2 aliphatic heterocycles. The lowest BCUT2D eigenvalue weighted by molar-refractivity contribution is -0.139. The molecule has 1 aromatic heterocycles. The van der Waals surface area contributed by atoms with Crippen LogP contribution < -0.4 is 22.5 Å². The second kappa shape index (κ2) is 9.55. The molecule has 37 heavy (non-hydrogen) atoms. The number of likely N-dealkylation sites (tertiary alicyclic amines) is 1. The van der Waals surface area contributed by atoms with Crippen LogP contribution in [-0.2, 0) is 11.3 Å². The largest absolute Gasteiger partial charge is 0.354 e.